The highest BCUT2D eigenvalue weighted by atomic mass is 16.6. The zero-order valence-corrected chi connectivity index (χ0v) is 8.78. The van der Waals surface area contributed by atoms with Gasteiger partial charge < -0.3 is 9.64 Å². The number of rotatable bonds is 2. The molecule has 2 heterocycles. The fraction of sp³-hybridized carbons (Fsp3) is 0.800. The molecule has 2 rings (SSSR count). The molecule has 2 aliphatic heterocycles. The standard InChI is InChI=1S/C10H16N2O3/c13-9(11-4-2-1-3-5-11)8-12-6-7-15-10(12)14/h1-8H2. The summed E-state index contributed by atoms with van der Waals surface area (Å²) in [5.74, 6) is 0.0496. The molecule has 2 saturated heterocycles. The molecule has 0 aromatic carbocycles. The first-order valence-corrected chi connectivity index (χ1v) is 5.47. The number of carbonyl (C=O) groups is 2. The van der Waals surface area contributed by atoms with Crippen LogP contribution in [0.25, 0.3) is 0 Å². The summed E-state index contributed by atoms with van der Waals surface area (Å²) in [5, 5.41) is 0. The van der Waals surface area contributed by atoms with E-state index < -0.39 is 0 Å². The largest absolute Gasteiger partial charge is 0.448 e. The second-order valence-electron chi connectivity index (χ2n) is 3.98. The SMILES string of the molecule is O=C(CN1CCOC1=O)N1CCCCC1. The molecule has 84 valence electrons. The van der Waals surface area contributed by atoms with E-state index in [-0.39, 0.29) is 18.5 Å². The van der Waals surface area contributed by atoms with Gasteiger partial charge in [-0.15, -0.1) is 0 Å². The number of hydrogen-bond donors (Lipinski definition) is 0. The quantitative estimate of drug-likeness (QED) is 0.667. The minimum Gasteiger partial charge on any atom is -0.448 e. The topological polar surface area (TPSA) is 49.9 Å². The van der Waals surface area contributed by atoms with E-state index in [0.29, 0.717) is 13.2 Å². The van der Waals surface area contributed by atoms with Crippen LogP contribution in [0.1, 0.15) is 19.3 Å². The van der Waals surface area contributed by atoms with Gasteiger partial charge in [0.1, 0.15) is 13.2 Å². The van der Waals surface area contributed by atoms with E-state index >= 15 is 0 Å². The van der Waals surface area contributed by atoms with Gasteiger partial charge >= 0.3 is 6.09 Å². The minimum atomic E-state index is -0.361. The Labute approximate surface area is 89.0 Å². The van der Waals surface area contributed by atoms with Crippen molar-refractivity contribution in [2.45, 2.75) is 19.3 Å². The lowest BCUT2D eigenvalue weighted by atomic mass is 10.1. The fourth-order valence-electron chi connectivity index (χ4n) is 1.98. The average Bonchev–Trinajstić information content (AvgIpc) is 2.66. The summed E-state index contributed by atoms with van der Waals surface area (Å²) >= 11 is 0. The lowest BCUT2D eigenvalue weighted by Gasteiger charge is -2.27. The van der Waals surface area contributed by atoms with Gasteiger partial charge in [0.05, 0.1) is 6.54 Å². The summed E-state index contributed by atoms with van der Waals surface area (Å²) < 4.78 is 4.77. The number of nitrogens with zero attached hydrogens (tertiary/aromatic N) is 2. The molecule has 0 spiro atoms. The molecule has 2 amide bonds. The number of hydrogen-bond acceptors (Lipinski definition) is 3. The second kappa shape index (κ2) is 4.51. The summed E-state index contributed by atoms with van der Waals surface area (Å²) in [5.41, 5.74) is 0. The maximum absolute atomic E-state index is 11.8. The highest BCUT2D eigenvalue weighted by Crippen LogP contribution is 2.10. The molecule has 5 nitrogen and oxygen atoms in total. The number of cyclic esters (lactones) is 1. The van der Waals surface area contributed by atoms with Crippen molar-refractivity contribution in [2.24, 2.45) is 0 Å². The lowest BCUT2D eigenvalue weighted by molar-refractivity contribution is -0.132. The molecule has 0 aromatic rings. The Hall–Kier alpha value is -1.26. The van der Waals surface area contributed by atoms with E-state index in [2.05, 4.69) is 0 Å². The van der Waals surface area contributed by atoms with Crippen molar-refractivity contribution in [3.8, 4) is 0 Å². The molecule has 5 heteroatoms. The number of amides is 2. The van der Waals surface area contributed by atoms with Crippen LogP contribution in [0.4, 0.5) is 4.79 Å². The van der Waals surface area contributed by atoms with Crippen LogP contribution in [0.2, 0.25) is 0 Å². The van der Waals surface area contributed by atoms with Crippen molar-refractivity contribution in [3.05, 3.63) is 0 Å². The van der Waals surface area contributed by atoms with E-state index in [0.717, 1.165) is 25.9 Å². The predicted octanol–water partition coefficient (Wildman–Crippen LogP) is 0.451. The number of piperidine rings is 1. The molecule has 0 saturated carbocycles. The Morgan fingerprint density at radius 2 is 1.93 bits per heavy atom. The molecule has 0 aromatic heterocycles. The van der Waals surface area contributed by atoms with Crippen LogP contribution in [0, 0.1) is 0 Å². The summed E-state index contributed by atoms with van der Waals surface area (Å²) in [6, 6.07) is 0. The van der Waals surface area contributed by atoms with Crippen LogP contribution in [0.3, 0.4) is 0 Å². The van der Waals surface area contributed by atoms with Gasteiger partial charge in [-0.1, -0.05) is 0 Å². The highest BCUT2D eigenvalue weighted by molar-refractivity contribution is 5.82. The van der Waals surface area contributed by atoms with Crippen LogP contribution in [0.15, 0.2) is 0 Å². The van der Waals surface area contributed by atoms with Crippen molar-refractivity contribution in [1.82, 2.24) is 9.80 Å². The van der Waals surface area contributed by atoms with E-state index in [4.69, 9.17) is 4.74 Å². The molecule has 0 radical (unpaired) electrons. The third-order valence-electron chi connectivity index (χ3n) is 2.88. The first kappa shape index (κ1) is 10.3. The molecular weight excluding hydrogens is 196 g/mol. The first-order chi connectivity index (χ1) is 7.27. The summed E-state index contributed by atoms with van der Waals surface area (Å²) in [6.45, 7) is 2.80. The van der Waals surface area contributed by atoms with Gasteiger partial charge in [-0.3, -0.25) is 9.69 Å². The monoisotopic (exact) mass is 212 g/mol. The van der Waals surface area contributed by atoms with Gasteiger partial charge in [-0.25, -0.2) is 4.79 Å². The van der Waals surface area contributed by atoms with Gasteiger partial charge in [-0.2, -0.15) is 0 Å². The number of likely N-dealkylation sites (tertiary alicyclic amines) is 1. The van der Waals surface area contributed by atoms with Gasteiger partial charge in [0.15, 0.2) is 0 Å². The highest BCUT2D eigenvalue weighted by Gasteiger charge is 2.26. The second-order valence-corrected chi connectivity index (χ2v) is 3.98. The normalized spacial score (nSPS) is 21.7. The first-order valence-electron chi connectivity index (χ1n) is 5.47. The molecule has 0 N–H and O–H groups in total. The summed E-state index contributed by atoms with van der Waals surface area (Å²) in [7, 11) is 0. The Bertz CT molecular complexity index is 261. The minimum absolute atomic E-state index is 0.0496. The average molecular weight is 212 g/mol. The molecule has 15 heavy (non-hydrogen) atoms. The van der Waals surface area contributed by atoms with Crippen molar-refractivity contribution in [2.75, 3.05) is 32.8 Å². The maximum Gasteiger partial charge on any atom is 0.410 e. The number of carbonyl (C=O) groups excluding carboxylic acids is 2. The van der Waals surface area contributed by atoms with Gasteiger partial charge in [0, 0.05) is 13.1 Å². The lowest BCUT2D eigenvalue weighted by Crippen LogP contribution is -2.43. The van der Waals surface area contributed by atoms with Crippen molar-refractivity contribution < 1.29 is 14.3 Å². The van der Waals surface area contributed by atoms with E-state index in [1.54, 1.807) is 0 Å². The third-order valence-corrected chi connectivity index (χ3v) is 2.88. The summed E-state index contributed by atoms with van der Waals surface area (Å²) in [6.07, 6.45) is 3.00. The van der Waals surface area contributed by atoms with Gasteiger partial charge in [-0.05, 0) is 19.3 Å². The van der Waals surface area contributed by atoms with Crippen LogP contribution in [-0.4, -0.2) is 54.6 Å². The molecule has 2 fully saturated rings. The van der Waals surface area contributed by atoms with E-state index in [9.17, 15) is 9.59 Å². The van der Waals surface area contributed by atoms with Crippen molar-refractivity contribution >= 4 is 12.0 Å². The van der Waals surface area contributed by atoms with Crippen molar-refractivity contribution in [3.63, 3.8) is 0 Å². The van der Waals surface area contributed by atoms with Crippen LogP contribution < -0.4 is 0 Å². The molecule has 0 unspecified atom stereocenters. The zero-order chi connectivity index (χ0) is 10.7. The molecule has 0 bridgehead atoms. The molecular formula is C10H16N2O3. The van der Waals surface area contributed by atoms with Crippen molar-refractivity contribution in [1.29, 1.82) is 0 Å². The fourth-order valence-corrected chi connectivity index (χ4v) is 1.98. The molecule has 0 aliphatic carbocycles. The van der Waals surface area contributed by atoms with Crippen LogP contribution in [-0.2, 0) is 9.53 Å². The van der Waals surface area contributed by atoms with Gasteiger partial charge in [0.2, 0.25) is 5.91 Å². The summed E-state index contributed by atoms with van der Waals surface area (Å²) in [4.78, 5) is 26.2. The van der Waals surface area contributed by atoms with Crippen LogP contribution in [0.5, 0.6) is 0 Å². The smallest absolute Gasteiger partial charge is 0.410 e. The van der Waals surface area contributed by atoms with E-state index in [1.807, 2.05) is 4.90 Å². The Kier molecular flexibility index (Phi) is 3.08. The Morgan fingerprint density at radius 3 is 2.53 bits per heavy atom. The third kappa shape index (κ3) is 2.40. The Balaban J connectivity index is 1.82. The van der Waals surface area contributed by atoms with Crippen LogP contribution >= 0.6 is 0 Å². The van der Waals surface area contributed by atoms with Gasteiger partial charge in [0.25, 0.3) is 0 Å². The molecule has 0 atom stereocenters. The number of ether oxygens (including phenoxy) is 1. The van der Waals surface area contributed by atoms with E-state index in [1.165, 1.54) is 11.3 Å². The predicted molar refractivity (Wildman–Crippen MR) is 53.4 cm³/mol. The Morgan fingerprint density at radius 1 is 1.20 bits per heavy atom. The maximum atomic E-state index is 11.8. The zero-order valence-electron chi connectivity index (χ0n) is 8.78. The molecule has 2 aliphatic rings.